The van der Waals surface area contributed by atoms with E-state index < -0.39 is 24.6 Å². The van der Waals surface area contributed by atoms with Gasteiger partial charge >= 0.3 is 19.1 Å². The highest BCUT2D eigenvalue weighted by Crippen LogP contribution is 2.17. The molecule has 0 aliphatic carbocycles. The van der Waals surface area contributed by atoms with Gasteiger partial charge in [-0.25, -0.2) is 4.79 Å². The molecule has 0 aromatic heterocycles. The van der Waals surface area contributed by atoms with Gasteiger partial charge in [-0.3, -0.25) is 4.79 Å². The van der Waals surface area contributed by atoms with Crippen LogP contribution in [0, 0.1) is 0 Å². The molecule has 4 N–H and O–H groups in total. The molecule has 88 valence electrons. The SMILES string of the molecule is NC1(C(=O)O)Cc2ccccc2B(O)OC1=O. The fraction of sp³-hybridized carbons (Fsp3) is 0.200. The Bertz CT molecular complexity index is 491. The smallest absolute Gasteiger partial charge is 0.504 e. The number of hydrogen-bond acceptors (Lipinski definition) is 5. The average Bonchev–Trinajstić information content (AvgIpc) is 2.37. The highest BCUT2D eigenvalue weighted by atomic mass is 16.6. The largest absolute Gasteiger partial charge is 0.562 e. The second-order valence-corrected chi connectivity index (χ2v) is 3.91. The van der Waals surface area contributed by atoms with Crippen LogP contribution in [0.3, 0.4) is 0 Å². The molecule has 1 aromatic rings. The quantitative estimate of drug-likeness (QED) is 0.393. The standard InChI is InChI=1S/C10H10BNO5/c12-10(8(13)14)5-6-3-1-2-4-7(6)11(16)17-9(10)15/h1-4,16H,5,12H2,(H,13,14). The van der Waals surface area contributed by atoms with Crippen LogP contribution < -0.4 is 11.2 Å². The van der Waals surface area contributed by atoms with Gasteiger partial charge in [-0.05, 0) is 5.56 Å². The summed E-state index contributed by atoms with van der Waals surface area (Å²) in [5.74, 6) is -2.62. The summed E-state index contributed by atoms with van der Waals surface area (Å²) in [7, 11) is -1.48. The van der Waals surface area contributed by atoms with E-state index in [1.54, 1.807) is 24.3 Å². The lowest BCUT2D eigenvalue weighted by Gasteiger charge is -2.20. The average molecular weight is 235 g/mol. The van der Waals surface area contributed by atoms with Gasteiger partial charge in [0.2, 0.25) is 5.54 Å². The maximum atomic E-state index is 11.6. The van der Waals surface area contributed by atoms with E-state index in [0.717, 1.165) is 0 Å². The first-order valence-electron chi connectivity index (χ1n) is 4.94. The van der Waals surface area contributed by atoms with Crippen LogP contribution in [-0.4, -0.2) is 34.7 Å². The summed E-state index contributed by atoms with van der Waals surface area (Å²) >= 11 is 0. The van der Waals surface area contributed by atoms with Gasteiger partial charge in [-0.15, -0.1) is 0 Å². The second kappa shape index (κ2) is 3.87. The van der Waals surface area contributed by atoms with Crippen LogP contribution in [0.5, 0.6) is 0 Å². The first-order valence-corrected chi connectivity index (χ1v) is 4.94. The number of rotatable bonds is 1. The molecule has 0 saturated heterocycles. The molecular weight excluding hydrogens is 225 g/mol. The van der Waals surface area contributed by atoms with E-state index >= 15 is 0 Å². The minimum absolute atomic E-state index is 0.214. The maximum Gasteiger partial charge on any atom is 0.562 e. The van der Waals surface area contributed by atoms with Crippen molar-refractivity contribution in [2.24, 2.45) is 5.73 Å². The van der Waals surface area contributed by atoms with E-state index in [2.05, 4.69) is 4.65 Å². The molecule has 17 heavy (non-hydrogen) atoms. The zero-order valence-corrected chi connectivity index (χ0v) is 8.79. The van der Waals surface area contributed by atoms with Crippen LogP contribution in [-0.2, 0) is 20.7 Å². The van der Waals surface area contributed by atoms with E-state index in [4.69, 9.17) is 10.8 Å². The second-order valence-electron chi connectivity index (χ2n) is 3.91. The third-order valence-corrected chi connectivity index (χ3v) is 2.75. The summed E-state index contributed by atoms with van der Waals surface area (Å²) in [6.07, 6.45) is -0.214. The van der Waals surface area contributed by atoms with Crippen LogP contribution in [0.25, 0.3) is 0 Å². The molecule has 7 heteroatoms. The third kappa shape index (κ3) is 1.79. The van der Waals surface area contributed by atoms with Crippen LogP contribution in [0.4, 0.5) is 0 Å². The zero-order chi connectivity index (χ0) is 12.6. The van der Waals surface area contributed by atoms with Crippen molar-refractivity contribution in [1.29, 1.82) is 0 Å². The van der Waals surface area contributed by atoms with Gasteiger partial charge < -0.3 is 20.5 Å². The highest BCUT2D eigenvalue weighted by molar-refractivity contribution is 6.62. The fourth-order valence-corrected chi connectivity index (χ4v) is 1.74. The maximum absolute atomic E-state index is 11.6. The Morgan fingerprint density at radius 2 is 2.12 bits per heavy atom. The first-order chi connectivity index (χ1) is 7.95. The molecule has 2 rings (SSSR count). The molecule has 1 aliphatic heterocycles. The molecule has 1 atom stereocenters. The van der Waals surface area contributed by atoms with Gasteiger partial charge in [0.1, 0.15) is 0 Å². The number of carbonyl (C=O) groups is 2. The van der Waals surface area contributed by atoms with Gasteiger partial charge in [0.05, 0.1) is 0 Å². The van der Waals surface area contributed by atoms with E-state index in [-0.39, 0.29) is 6.42 Å². The lowest BCUT2D eigenvalue weighted by Crippen LogP contribution is -2.57. The third-order valence-electron chi connectivity index (χ3n) is 2.75. The number of fused-ring (bicyclic) bond motifs is 1. The lowest BCUT2D eigenvalue weighted by atomic mass is 9.76. The Kier molecular flexibility index (Phi) is 2.64. The number of carbonyl (C=O) groups excluding carboxylic acids is 1. The van der Waals surface area contributed by atoms with Crippen molar-refractivity contribution in [3.8, 4) is 0 Å². The van der Waals surface area contributed by atoms with Crippen LogP contribution >= 0.6 is 0 Å². The predicted molar refractivity (Wildman–Crippen MR) is 58.4 cm³/mol. The van der Waals surface area contributed by atoms with E-state index in [9.17, 15) is 14.6 Å². The van der Waals surface area contributed by atoms with Crippen LogP contribution in [0.2, 0.25) is 0 Å². The molecule has 1 unspecified atom stereocenters. The Morgan fingerprint density at radius 3 is 2.76 bits per heavy atom. The molecular formula is C10H10BNO5. The van der Waals surface area contributed by atoms with Crippen molar-refractivity contribution < 1.29 is 24.4 Å². The number of benzene rings is 1. The number of carboxylic acid groups (broad SMARTS) is 1. The lowest BCUT2D eigenvalue weighted by molar-refractivity contribution is -0.155. The summed E-state index contributed by atoms with van der Waals surface area (Å²) in [4.78, 5) is 22.6. The topological polar surface area (TPSA) is 110 Å². The first kappa shape index (κ1) is 11.6. The van der Waals surface area contributed by atoms with Crippen molar-refractivity contribution in [3.63, 3.8) is 0 Å². The Labute approximate surface area is 97.1 Å². The fourth-order valence-electron chi connectivity index (χ4n) is 1.74. The van der Waals surface area contributed by atoms with Crippen molar-refractivity contribution in [2.75, 3.05) is 0 Å². The molecule has 0 fully saturated rings. The Balaban J connectivity index is 2.53. The molecule has 0 bridgehead atoms. The number of carboxylic acids is 1. The molecule has 0 saturated carbocycles. The van der Waals surface area contributed by atoms with Gasteiger partial charge in [0, 0.05) is 11.9 Å². The van der Waals surface area contributed by atoms with E-state index in [1.807, 2.05) is 0 Å². The number of hydrogen-bond donors (Lipinski definition) is 3. The molecule has 0 spiro atoms. The number of aliphatic carboxylic acids is 1. The van der Waals surface area contributed by atoms with Crippen molar-refractivity contribution in [1.82, 2.24) is 0 Å². The number of nitrogens with two attached hydrogens (primary N) is 1. The summed E-state index contributed by atoms with van der Waals surface area (Å²) in [6, 6.07) is 6.48. The van der Waals surface area contributed by atoms with Crippen molar-refractivity contribution in [2.45, 2.75) is 12.0 Å². The molecule has 6 nitrogen and oxygen atoms in total. The molecule has 1 aliphatic rings. The summed E-state index contributed by atoms with van der Waals surface area (Å²) < 4.78 is 4.63. The minimum Gasteiger partial charge on any atom is -0.504 e. The zero-order valence-electron chi connectivity index (χ0n) is 8.79. The van der Waals surface area contributed by atoms with E-state index in [1.165, 1.54) is 0 Å². The Morgan fingerprint density at radius 1 is 1.47 bits per heavy atom. The van der Waals surface area contributed by atoms with Crippen molar-refractivity contribution in [3.05, 3.63) is 29.8 Å². The molecule has 1 heterocycles. The highest BCUT2D eigenvalue weighted by Gasteiger charge is 2.48. The normalized spacial score (nSPS) is 23.6. The Hall–Kier alpha value is -1.86. The van der Waals surface area contributed by atoms with Crippen LogP contribution in [0.15, 0.2) is 24.3 Å². The van der Waals surface area contributed by atoms with Gasteiger partial charge in [-0.2, -0.15) is 0 Å². The summed E-state index contributed by atoms with van der Waals surface area (Å²) in [6.45, 7) is 0. The summed E-state index contributed by atoms with van der Waals surface area (Å²) in [5, 5.41) is 18.6. The summed E-state index contributed by atoms with van der Waals surface area (Å²) in [5.41, 5.74) is 4.22. The van der Waals surface area contributed by atoms with Gasteiger partial charge in [0.25, 0.3) is 0 Å². The van der Waals surface area contributed by atoms with Gasteiger partial charge in [0.15, 0.2) is 0 Å². The predicted octanol–water partition coefficient (Wildman–Crippen LogP) is -1.74. The molecule has 0 amide bonds. The van der Waals surface area contributed by atoms with Gasteiger partial charge in [-0.1, -0.05) is 24.3 Å². The molecule has 0 radical (unpaired) electrons. The minimum atomic E-state index is -2.16. The van der Waals surface area contributed by atoms with E-state index in [0.29, 0.717) is 11.0 Å². The molecule has 1 aromatic carbocycles. The van der Waals surface area contributed by atoms with Crippen molar-refractivity contribution >= 4 is 24.5 Å². The van der Waals surface area contributed by atoms with Crippen LogP contribution in [0.1, 0.15) is 5.56 Å². The monoisotopic (exact) mass is 235 g/mol.